The van der Waals surface area contributed by atoms with E-state index >= 15 is 0 Å². The number of carbonyl (C=O) groups is 1. The standard InChI is InChI=1S/C23H9F3N2O/c24-15-10-16(25)21(26)20-18(15)13(7-8-27)19(23(20)29)17-11-4-1-2-5-12(11)22-14(17)6-3-9-28-22/h1-7,9-10H/b13-7?,19-17-. The maximum Gasteiger partial charge on any atom is 0.198 e. The average Bonchev–Trinajstić information content (AvgIpc) is 3.19. The summed E-state index contributed by atoms with van der Waals surface area (Å²) >= 11 is 0. The topological polar surface area (TPSA) is 53.8 Å². The maximum atomic E-state index is 14.6. The molecule has 0 N–H and O–H groups in total. The van der Waals surface area contributed by atoms with Crippen molar-refractivity contribution < 1.29 is 18.0 Å². The Bertz CT molecular complexity index is 1320. The molecule has 2 aromatic carbocycles. The molecular formula is C23H9F3N2O. The molecule has 0 saturated carbocycles. The second-order valence-electron chi connectivity index (χ2n) is 6.62. The molecule has 2 aliphatic rings. The van der Waals surface area contributed by atoms with Crippen molar-refractivity contribution in [2.24, 2.45) is 0 Å². The Kier molecular flexibility index (Phi) is 3.55. The Morgan fingerprint density at radius 3 is 2.38 bits per heavy atom. The molecule has 29 heavy (non-hydrogen) atoms. The molecule has 1 heterocycles. The monoisotopic (exact) mass is 386 g/mol. The van der Waals surface area contributed by atoms with E-state index in [-0.39, 0.29) is 11.1 Å². The number of halogens is 3. The van der Waals surface area contributed by atoms with Gasteiger partial charge in [-0.1, -0.05) is 30.3 Å². The lowest BCUT2D eigenvalue weighted by molar-refractivity contribution is 0.103. The molecule has 2 aliphatic carbocycles. The molecular weight excluding hydrogens is 377 g/mol. The highest BCUT2D eigenvalue weighted by Gasteiger charge is 2.41. The third kappa shape index (κ3) is 2.18. The Morgan fingerprint density at radius 2 is 1.62 bits per heavy atom. The van der Waals surface area contributed by atoms with Crippen LogP contribution in [0.25, 0.3) is 22.4 Å². The van der Waals surface area contributed by atoms with E-state index < -0.39 is 34.4 Å². The number of nitrogens with zero attached hydrogens (tertiary/aromatic N) is 2. The maximum absolute atomic E-state index is 14.6. The summed E-state index contributed by atoms with van der Waals surface area (Å²) in [6.07, 6.45) is 2.60. The van der Waals surface area contributed by atoms with Crippen LogP contribution in [0.2, 0.25) is 0 Å². The number of pyridine rings is 1. The summed E-state index contributed by atoms with van der Waals surface area (Å²) in [7, 11) is 0. The molecule has 5 rings (SSSR count). The summed E-state index contributed by atoms with van der Waals surface area (Å²) in [5, 5.41) is 9.24. The summed E-state index contributed by atoms with van der Waals surface area (Å²) in [5.74, 6) is -4.84. The van der Waals surface area contributed by atoms with Gasteiger partial charge in [-0.2, -0.15) is 5.26 Å². The molecule has 3 nitrogen and oxygen atoms in total. The van der Waals surface area contributed by atoms with Crippen molar-refractivity contribution in [1.82, 2.24) is 4.98 Å². The van der Waals surface area contributed by atoms with Gasteiger partial charge in [0.1, 0.15) is 5.82 Å². The van der Waals surface area contributed by atoms with Gasteiger partial charge in [0.25, 0.3) is 0 Å². The van der Waals surface area contributed by atoms with Gasteiger partial charge in [-0.05, 0) is 11.6 Å². The van der Waals surface area contributed by atoms with Crippen molar-refractivity contribution in [1.29, 1.82) is 5.26 Å². The number of ketones is 1. The van der Waals surface area contributed by atoms with Gasteiger partial charge < -0.3 is 0 Å². The van der Waals surface area contributed by atoms with E-state index in [0.717, 1.165) is 11.6 Å². The Hall–Kier alpha value is -3.98. The average molecular weight is 386 g/mol. The molecule has 3 aromatic rings. The lowest BCUT2D eigenvalue weighted by Crippen LogP contribution is -2.04. The van der Waals surface area contributed by atoms with Gasteiger partial charge in [0.15, 0.2) is 17.4 Å². The predicted octanol–water partition coefficient (Wildman–Crippen LogP) is 5.08. The molecule has 0 atom stereocenters. The third-order valence-corrected chi connectivity index (χ3v) is 5.15. The molecule has 0 fully saturated rings. The zero-order chi connectivity index (χ0) is 20.3. The number of hydrogen-bond acceptors (Lipinski definition) is 3. The Labute approximate surface area is 163 Å². The smallest absolute Gasteiger partial charge is 0.198 e. The largest absolute Gasteiger partial charge is 0.288 e. The molecule has 0 bridgehead atoms. The fourth-order valence-electron chi connectivity index (χ4n) is 4.04. The van der Waals surface area contributed by atoms with Crippen LogP contribution >= 0.6 is 0 Å². The van der Waals surface area contributed by atoms with Crippen LogP contribution in [0, 0.1) is 28.8 Å². The van der Waals surface area contributed by atoms with E-state index in [1.54, 1.807) is 36.5 Å². The highest BCUT2D eigenvalue weighted by atomic mass is 19.2. The summed E-state index contributed by atoms with van der Waals surface area (Å²) in [4.78, 5) is 17.6. The first-order valence-electron chi connectivity index (χ1n) is 8.66. The van der Waals surface area contributed by atoms with Gasteiger partial charge in [0.05, 0.1) is 17.3 Å². The van der Waals surface area contributed by atoms with Gasteiger partial charge in [0, 0.05) is 51.7 Å². The number of fused-ring (bicyclic) bond motifs is 4. The van der Waals surface area contributed by atoms with E-state index in [9.17, 15) is 23.2 Å². The van der Waals surface area contributed by atoms with Crippen molar-refractivity contribution >= 4 is 16.9 Å². The number of nitriles is 1. The molecule has 0 aliphatic heterocycles. The molecule has 0 radical (unpaired) electrons. The fourth-order valence-corrected chi connectivity index (χ4v) is 4.04. The fraction of sp³-hybridized carbons (Fsp3) is 0. The minimum Gasteiger partial charge on any atom is -0.288 e. The first-order chi connectivity index (χ1) is 14.0. The van der Waals surface area contributed by atoms with Crippen molar-refractivity contribution in [3.63, 3.8) is 0 Å². The molecule has 1 aromatic heterocycles. The van der Waals surface area contributed by atoms with E-state index in [1.807, 2.05) is 12.1 Å². The van der Waals surface area contributed by atoms with Gasteiger partial charge in [-0.15, -0.1) is 0 Å². The van der Waals surface area contributed by atoms with Crippen LogP contribution in [0.3, 0.4) is 0 Å². The summed E-state index contributed by atoms with van der Waals surface area (Å²) in [6.45, 7) is 0. The second kappa shape index (κ2) is 6.01. The zero-order valence-corrected chi connectivity index (χ0v) is 14.6. The molecule has 0 amide bonds. The number of hydrogen-bond donors (Lipinski definition) is 0. The number of allylic oxidation sites excluding steroid dienone is 3. The van der Waals surface area contributed by atoms with Crippen molar-refractivity contribution in [2.45, 2.75) is 0 Å². The molecule has 138 valence electrons. The van der Waals surface area contributed by atoms with Crippen LogP contribution in [0.15, 0.2) is 60.3 Å². The molecule has 0 spiro atoms. The highest BCUT2D eigenvalue weighted by Crippen LogP contribution is 2.50. The van der Waals surface area contributed by atoms with Crippen molar-refractivity contribution in [3.05, 3.63) is 100 Å². The van der Waals surface area contributed by atoms with Crippen LogP contribution in [0.1, 0.15) is 27.0 Å². The summed E-state index contributed by atoms with van der Waals surface area (Å²) < 4.78 is 42.9. The van der Waals surface area contributed by atoms with E-state index in [1.165, 1.54) is 0 Å². The van der Waals surface area contributed by atoms with Crippen LogP contribution in [-0.2, 0) is 0 Å². The van der Waals surface area contributed by atoms with E-state index in [2.05, 4.69) is 4.98 Å². The quantitative estimate of drug-likeness (QED) is 0.240. The molecule has 6 heteroatoms. The second-order valence-corrected chi connectivity index (χ2v) is 6.62. The minimum absolute atomic E-state index is 0.0378. The third-order valence-electron chi connectivity index (χ3n) is 5.15. The van der Waals surface area contributed by atoms with Gasteiger partial charge in [0.2, 0.25) is 0 Å². The summed E-state index contributed by atoms with van der Waals surface area (Å²) in [5.41, 5.74) is 1.88. The first-order valence-corrected chi connectivity index (χ1v) is 8.66. The van der Waals surface area contributed by atoms with E-state index in [0.29, 0.717) is 28.5 Å². The van der Waals surface area contributed by atoms with Crippen LogP contribution in [0.5, 0.6) is 0 Å². The highest BCUT2D eigenvalue weighted by molar-refractivity contribution is 6.32. The van der Waals surface area contributed by atoms with Gasteiger partial charge in [-0.3, -0.25) is 9.78 Å². The predicted molar refractivity (Wildman–Crippen MR) is 99.9 cm³/mol. The van der Waals surface area contributed by atoms with Crippen LogP contribution < -0.4 is 0 Å². The molecule has 0 saturated heterocycles. The number of Topliss-reactive ketones (excluding diaryl/α,β-unsaturated/α-hetero) is 1. The molecule has 0 unspecified atom stereocenters. The number of aromatic nitrogens is 1. The van der Waals surface area contributed by atoms with Gasteiger partial charge in [-0.25, -0.2) is 13.2 Å². The Balaban J connectivity index is 1.95. The van der Waals surface area contributed by atoms with Crippen LogP contribution in [0.4, 0.5) is 13.2 Å². The first kappa shape index (κ1) is 17.1. The van der Waals surface area contributed by atoms with Crippen molar-refractivity contribution in [2.75, 3.05) is 0 Å². The van der Waals surface area contributed by atoms with Crippen LogP contribution in [-0.4, -0.2) is 10.8 Å². The number of rotatable bonds is 0. The zero-order valence-electron chi connectivity index (χ0n) is 14.6. The normalized spacial score (nSPS) is 17.9. The van der Waals surface area contributed by atoms with Crippen molar-refractivity contribution in [3.8, 4) is 17.3 Å². The Morgan fingerprint density at radius 1 is 0.897 bits per heavy atom. The summed E-state index contributed by atoms with van der Waals surface area (Å²) in [6, 6.07) is 12.8. The van der Waals surface area contributed by atoms with Gasteiger partial charge >= 0.3 is 0 Å². The lowest BCUT2D eigenvalue weighted by atomic mass is 9.93. The minimum atomic E-state index is -1.45. The lowest BCUT2D eigenvalue weighted by Gasteiger charge is -2.08. The number of benzene rings is 2. The number of carbonyl (C=O) groups excluding carboxylic acids is 1. The SMILES string of the molecule is N#CC=C1/C(=C2\c3ccccc3-c3ncccc32)C(=O)c2c(F)c(F)cc(F)c21. The van der Waals surface area contributed by atoms with E-state index in [4.69, 9.17) is 0 Å².